The lowest BCUT2D eigenvalue weighted by Gasteiger charge is -2.24. The Morgan fingerprint density at radius 1 is 0.786 bits per heavy atom. The Kier molecular flexibility index (Phi) is 9.50. The number of aliphatic hydroxyl groups is 1. The number of rotatable bonds is 9. The minimum Gasteiger partial charge on any atom is -0.457 e. The quantitative estimate of drug-likeness (QED) is 0.185. The van der Waals surface area contributed by atoms with Gasteiger partial charge in [0.05, 0.1) is 23.3 Å². The van der Waals surface area contributed by atoms with Gasteiger partial charge in [-0.15, -0.1) is 0 Å². The van der Waals surface area contributed by atoms with Crippen LogP contribution in [0.3, 0.4) is 0 Å². The second-order valence-electron chi connectivity index (χ2n) is 9.49. The molecule has 2 atom stereocenters. The van der Waals surface area contributed by atoms with Crippen LogP contribution in [-0.4, -0.2) is 11.7 Å². The fourth-order valence-corrected chi connectivity index (χ4v) is 4.62. The van der Waals surface area contributed by atoms with Crippen molar-refractivity contribution < 1.29 is 40.6 Å². The Hall–Kier alpha value is -3.60. The molecular weight excluding hydrogens is 587 g/mol. The van der Waals surface area contributed by atoms with E-state index in [1.807, 2.05) is 6.92 Å². The van der Waals surface area contributed by atoms with Crippen LogP contribution in [0.5, 0.6) is 11.5 Å². The van der Waals surface area contributed by atoms with E-state index in [2.05, 4.69) is 5.32 Å². The number of aryl methyl sites for hydroxylation is 1. The number of benzene rings is 4. The summed E-state index contributed by atoms with van der Waals surface area (Å²) in [4.78, 5) is 0. The zero-order chi connectivity index (χ0) is 30.7. The van der Waals surface area contributed by atoms with Gasteiger partial charge in [-0.2, -0.15) is 26.3 Å². The maximum Gasteiger partial charge on any atom is 0.416 e. The first-order chi connectivity index (χ1) is 19.8. The van der Waals surface area contributed by atoms with Crippen LogP contribution >= 0.6 is 11.6 Å². The van der Waals surface area contributed by atoms with Crippen LogP contribution in [-0.2, 0) is 18.8 Å². The van der Waals surface area contributed by atoms with Crippen LogP contribution in [0.2, 0.25) is 5.02 Å². The number of aliphatic hydroxyl groups excluding tert-OH is 1. The Morgan fingerprint density at radius 2 is 1.43 bits per heavy atom. The van der Waals surface area contributed by atoms with Gasteiger partial charge in [0.1, 0.15) is 17.3 Å². The van der Waals surface area contributed by atoms with E-state index < -0.39 is 41.4 Å². The summed E-state index contributed by atoms with van der Waals surface area (Å²) in [5.41, 5.74) is -0.781. The molecule has 4 rings (SSSR count). The van der Waals surface area contributed by atoms with Gasteiger partial charge in [-0.1, -0.05) is 48.9 Å². The third-order valence-corrected chi connectivity index (χ3v) is 6.97. The van der Waals surface area contributed by atoms with Crippen LogP contribution in [0.15, 0.2) is 84.9 Å². The summed E-state index contributed by atoms with van der Waals surface area (Å²) >= 11 is 6.18. The molecule has 2 unspecified atom stereocenters. The van der Waals surface area contributed by atoms with Crippen LogP contribution < -0.4 is 10.1 Å². The summed E-state index contributed by atoms with van der Waals surface area (Å²) in [6.07, 6.45) is -9.96. The van der Waals surface area contributed by atoms with Crippen LogP contribution in [0.4, 0.5) is 30.7 Å². The molecule has 0 saturated heterocycles. The molecule has 4 aromatic carbocycles. The lowest BCUT2D eigenvalue weighted by molar-refractivity contribution is -0.138. The van der Waals surface area contributed by atoms with Crippen molar-refractivity contribution >= 4 is 11.6 Å². The molecule has 2 N–H and O–H groups in total. The van der Waals surface area contributed by atoms with Gasteiger partial charge in [0.25, 0.3) is 0 Å². The fraction of sp³-hybridized carbons (Fsp3) is 0.226. The molecule has 0 amide bonds. The number of hydrogen-bond donors (Lipinski definition) is 2. The number of hydrogen-bond acceptors (Lipinski definition) is 3. The Morgan fingerprint density at radius 3 is 2.05 bits per heavy atom. The summed E-state index contributed by atoms with van der Waals surface area (Å²) in [6.45, 7) is 1.66. The summed E-state index contributed by atoms with van der Waals surface area (Å²) in [7, 11) is 0. The number of halogens is 8. The van der Waals surface area contributed by atoms with Crippen LogP contribution in [0.25, 0.3) is 0 Å². The zero-order valence-corrected chi connectivity index (χ0v) is 22.8. The van der Waals surface area contributed by atoms with Gasteiger partial charge < -0.3 is 15.2 Å². The SMILES string of the molecule is CCc1cc(Oc2cccc(C(NCC(O)c3ccc(C(F)(F)F)cc3)c3ccc(C(F)(F)F)cc3F)c2)ccc1Cl. The molecule has 0 fully saturated rings. The molecule has 0 bridgehead atoms. The molecule has 3 nitrogen and oxygen atoms in total. The van der Waals surface area contributed by atoms with E-state index in [1.165, 1.54) is 0 Å². The van der Waals surface area contributed by atoms with Crippen molar-refractivity contribution in [3.63, 3.8) is 0 Å². The summed E-state index contributed by atoms with van der Waals surface area (Å²) in [5, 5.41) is 14.2. The molecule has 0 aliphatic rings. The Labute approximate surface area is 242 Å². The van der Waals surface area contributed by atoms with Gasteiger partial charge >= 0.3 is 12.4 Å². The van der Waals surface area contributed by atoms with Crippen molar-refractivity contribution in [3.05, 3.63) is 129 Å². The third kappa shape index (κ3) is 7.61. The minimum absolute atomic E-state index is 0.139. The van der Waals surface area contributed by atoms with Crippen LogP contribution in [0, 0.1) is 5.82 Å². The van der Waals surface area contributed by atoms with Gasteiger partial charge in [0.15, 0.2) is 0 Å². The Balaban J connectivity index is 1.64. The molecule has 11 heteroatoms. The molecule has 0 aliphatic carbocycles. The van der Waals surface area contributed by atoms with Crippen molar-refractivity contribution in [1.82, 2.24) is 5.32 Å². The summed E-state index contributed by atoms with van der Waals surface area (Å²) in [6, 6.07) is 16.5. The molecule has 4 aromatic rings. The lowest BCUT2D eigenvalue weighted by Crippen LogP contribution is -2.28. The smallest absolute Gasteiger partial charge is 0.416 e. The molecule has 0 spiro atoms. The fourth-order valence-electron chi connectivity index (χ4n) is 4.37. The number of alkyl halides is 6. The van der Waals surface area contributed by atoms with E-state index in [0.717, 1.165) is 42.0 Å². The molecule has 0 aromatic heterocycles. The van der Waals surface area contributed by atoms with E-state index in [0.29, 0.717) is 34.6 Å². The van der Waals surface area contributed by atoms with Crippen LogP contribution in [0.1, 0.15) is 52.5 Å². The van der Waals surface area contributed by atoms with Gasteiger partial charge in [-0.3, -0.25) is 0 Å². The van der Waals surface area contributed by atoms with E-state index in [-0.39, 0.29) is 17.7 Å². The van der Waals surface area contributed by atoms with E-state index in [9.17, 15) is 31.4 Å². The predicted octanol–water partition coefficient (Wildman–Crippen LogP) is 9.28. The topological polar surface area (TPSA) is 41.5 Å². The maximum atomic E-state index is 15.1. The van der Waals surface area contributed by atoms with Crippen molar-refractivity contribution in [2.45, 2.75) is 37.8 Å². The second kappa shape index (κ2) is 12.7. The highest BCUT2D eigenvalue weighted by Crippen LogP contribution is 2.35. The predicted molar refractivity (Wildman–Crippen MR) is 145 cm³/mol. The largest absolute Gasteiger partial charge is 0.457 e. The number of nitrogens with one attached hydrogen (secondary N) is 1. The first-order valence-electron chi connectivity index (χ1n) is 12.8. The molecular formula is C31H25ClF7NO2. The van der Waals surface area contributed by atoms with Gasteiger partial charge in [-0.25, -0.2) is 4.39 Å². The average molecular weight is 612 g/mol. The molecule has 0 heterocycles. The molecule has 222 valence electrons. The normalized spacial score (nSPS) is 13.6. The third-order valence-electron chi connectivity index (χ3n) is 6.60. The lowest BCUT2D eigenvalue weighted by atomic mass is 9.96. The van der Waals surface area contributed by atoms with Gasteiger partial charge in [0, 0.05) is 17.1 Å². The van der Waals surface area contributed by atoms with E-state index in [4.69, 9.17) is 16.3 Å². The highest BCUT2D eigenvalue weighted by molar-refractivity contribution is 6.31. The summed E-state index contributed by atoms with van der Waals surface area (Å²) < 4.78 is 99.4. The van der Waals surface area contributed by atoms with Gasteiger partial charge in [-0.05, 0) is 77.7 Å². The van der Waals surface area contributed by atoms with Crippen molar-refractivity contribution in [2.75, 3.05) is 6.54 Å². The first kappa shape index (κ1) is 31.3. The van der Waals surface area contributed by atoms with E-state index in [1.54, 1.807) is 42.5 Å². The van der Waals surface area contributed by atoms with Gasteiger partial charge in [0.2, 0.25) is 0 Å². The van der Waals surface area contributed by atoms with Crippen molar-refractivity contribution in [2.24, 2.45) is 0 Å². The molecule has 42 heavy (non-hydrogen) atoms. The van der Waals surface area contributed by atoms with Crippen molar-refractivity contribution in [3.8, 4) is 11.5 Å². The standard InChI is InChI=1S/C31H25ClF7NO2/c1-2-18-14-24(11-13-26(18)32)42-23-5-3-4-20(15-23)29(25-12-10-22(16-27(25)33)31(37,38)39)40-17-28(41)19-6-8-21(9-7-19)30(34,35)36/h3-16,28-29,40-41H,2,17H2,1H3. The average Bonchev–Trinajstić information content (AvgIpc) is 2.94. The zero-order valence-electron chi connectivity index (χ0n) is 22.0. The monoisotopic (exact) mass is 611 g/mol. The second-order valence-corrected chi connectivity index (χ2v) is 9.90. The minimum atomic E-state index is -4.76. The molecule has 0 aliphatic heterocycles. The first-order valence-corrected chi connectivity index (χ1v) is 13.2. The highest BCUT2D eigenvalue weighted by atomic mass is 35.5. The van der Waals surface area contributed by atoms with Crippen molar-refractivity contribution in [1.29, 1.82) is 0 Å². The van der Waals surface area contributed by atoms with E-state index >= 15 is 4.39 Å². The Bertz CT molecular complexity index is 1520. The molecule has 0 saturated carbocycles. The highest BCUT2D eigenvalue weighted by Gasteiger charge is 2.32. The summed E-state index contributed by atoms with van der Waals surface area (Å²) in [5.74, 6) is -0.307. The number of ether oxygens (including phenoxy) is 1. The maximum absolute atomic E-state index is 15.1. The molecule has 0 radical (unpaired) electrons.